The summed E-state index contributed by atoms with van der Waals surface area (Å²) in [5.74, 6) is 0.918. The van der Waals surface area contributed by atoms with Gasteiger partial charge in [-0.25, -0.2) is 0 Å². The van der Waals surface area contributed by atoms with Crippen molar-refractivity contribution >= 4 is 0 Å². The van der Waals surface area contributed by atoms with Crippen LogP contribution in [0.2, 0.25) is 0 Å². The Hall–Kier alpha value is -1.10. The van der Waals surface area contributed by atoms with Crippen molar-refractivity contribution in [2.45, 2.75) is 25.4 Å². The van der Waals surface area contributed by atoms with Crippen molar-refractivity contribution in [3.63, 3.8) is 0 Å². The Morgan fingerprint density at radius 1 is 1.26 bits per heavy atom. The maximum atomic E-state index is 10.0. The quantitative estimate of drug-likeness (QED) is 0.838. The molecule has 0 amide bonds. The van der Waals surface area contributed by atoms with Gasteiger partial charge in [0.25, 0.3) is 0 Å². The molecule has 1 saturated heterocycles. The summed E-state index contributed by atoms with van der Waals surface area (Å²) in [6.07, 6.45) is 1.52. The van der Waals surface area contributed by atoms with Gasteiger partial charge in [-0.2, -0.15) is 0 Å². The first-order valence-electron chi connectivity index (χ1n) is 6.96. The summed E-state index contributed by atoms with van der Waals surface area (Å²) < 4.78 is 5.71. The number of aryl methyl sites for hydroxylation is 1. The minimum Gasteiger partial charge on any atom is -0.492 e. The third-order valence-electron chi connectivity index (χ3n) is 3.86. The molecule has 1 aromatic rings. The predicted molar refractivity (Wildman–Crippen MR) is 76.4 cm³/mol. The third-order valence-corrected chi connectivity index (χ3v) is 3.86. The van der Waals surface area contributed by atoms with Crippen LogP contribution in [0, 0.1) is 6.92 Å². The van der Waals surface area contributed by atoms with E-state index in [1.165, 1.54) is 5.56 Å². The predicted octanol–water partition coefficient (Wildman–Crippen LogP) is 1.16. The van der Waals surface area contributed by atoms with E-state index in [0.717, 1.165) is 38.2 Å². The fourth-order valence-corrected chi connectivity index (χ4v) is 2.32. The molecular weight excluding hydrogens is 240 g/mol. The average molecular weight is 264 g/mol. The molecule has 1 fully saturated rings. The van der Waals surface area contributed by atoms with Gasteiger partial charge in [0.1, 0.15) is 12.4 Å². The molecule has 0 saturated carbocycles. The van der Waals surface area contributed by atoms with Crippen LogP contribution in [-0.2, 0) is 0 Å². The first kappa shape index (κ1) is 14.3. The first-order valence-corrected chi connectivity index (χ1v) is 6.96. The van der Waals surface area contributed by atoms with Crippen LogP contribution in [0.5, 0.6) is 5.75 Å². The molecule has 4 heteroatoms. The summed E-state index contributed by atoms with van der Waals surface area (Å²) in [6.45, 7) is 5.80. The van der Waals surface area contributed by atoms with Gasteiger partial charge >= 0.3 is 0 Å². The highest BCUT2D eigenvalue weighted by molar-refractivity contribution is 5.26. The number of nitrogens with two attached hydrogens (primary N) is 1. The number of likely N-dealkylation sites (tertiary alicyclic amines) is 1. The molecule has 1 aliphatic heterocycles. The zero-order valence-electron chi connectivity index (χ0n) is 11.6. The highest BCUT2D eigenvalue weighted by Crippen LogP contribution is 2.20. The van der Waals surface area contributed by atoms with Gasteiger partial charge in [-0.3, -0.25) is 4.90 Å². The molecule has 0 radical (unpaired) electrons. The van der Waals surface area contributed by atoms with Gasteiger partial charge in [0.2, 0.25) is 0 Å². The summed E-state index contributed by atoms with van der Waals surface area (Å²) in [5.41, 5.74) is 6.17. The lowest BCUT2D eigenvalue weighted by Crippen LogP contribution is -2.49. The van der Waals surface area contributed by atoms with E-state index >= 15 is 0 Å². The average Bonchev–Trinajstić information content (AvgIpc) is 2.43. The van der Waals surface area contributed by atoms with E-state index in [9.17, 15) is 5.11 Å². The van der Waals surface area contributed by atoms with Gasteiger partial charge in [-0.15, -0.1) is 0 Å². The van der Waals surface area contributed by atoms with E-state index in [1.807, 2.05) is 12.1 Å². The first-order chi connectivity index (χ1) is 9.11. The Labute approximate surface area is 115 Å². The molecule has 0 aromatic heterocycles. The molecule has 2 rings (SSSR count). The van der Waals surface area contributed by atoms with Crippen LogP contribution in [0.25, 0.3) is 0 Å². The van der Waals surface area contributed by atoms with E-state index < -0.39 is 5.60 Å². The second kappa shape index (κ2) is 6.37. The lowest BCUT2D eigenvalue weighted by molar-refractivity contribution is -0.0155. The summed E-state index contributed by atoms with van der Waals surface area (Å²) in [7, 11) is 0. The standard InChI is InChI=1S/C15H24N2O2/c1-13-2-4-14(5-3-13)19-11-10-17-8-6-15(18,12-16)7-9-17/h2-5,18H,6-12,16H2,1H3. The lowest BCUT2D eigenvalue weighted by Gasteiger charge is -2.37. The van der Waals surface area contributed by atoms with Crippen LogP contribution in [0.15, 0.2) is 24.3 Å². The largest absolute Gasteiger partial charge is 0.492 e. The van der Waals surface area contributed by atoms with E-state index in [4.69, 9.17) is 10.5 Å². The molecule has 0 unspecified atom stereocenters. The number of rotatable bonds is 5. The van der Waals surface area contributed by atoms with Crippen LogP contribution in [0.3, 0.4) is 0 Å². The van der Waals surface area contributed by atoms with E-state index in [-0.39, 0.29) is 0 Å². The van der Waals surface area contributed by atoms with Crippen molar-refractivity contribution in [3.05, 3.63) is 29.8 Å². The number of nitrogens with zero attached hydrogens (tertiary/aromatic N) is 1. The zero-order valence-corrected chi connectivity index (χ0v) is 11.6. The van der Waals surface area contributed by atoms with Gasteiger partial charge < -0.3 is 15.6 Å². The molecule has 0 bridgehead atoms. The Kier molecular flexibility index (Phi) is 4.80. The molecule has 1 aliphatic rings. The summed E-state index contributed by atoms with van der Waals surface area (Å²) >= 11 is 0. The fourth-order valence-electron chi connectivity index (χ4n) is 2.32. The SMILES string of the molecule is Cc1ccc(OCCN2CCC(O)(CN)CC2)cc1. The number of hydrogen-bond acceptors (Lipinski definition) is 4. The number of piperidine rings is 1. The van der Waals surface area contributed by atoms with Crippen LogP contribution in [0.4, 0.5) is 0 Å². The minimum absolute atomic E-state index is 0.362. The molecule has 1 heterocycles. The van der Waals surface area contributed by atoms with Crippen molar-refractivity contribution < 1.29 is 9.84 Å². The number of aliphatic hydroxyl groups is 1. The fraction of sp³-hybridized carbons (Fsp3) is 0.600. The molecule has 1 aromatic carbocycles. The molecular formula is C15H24N2O2. The normalized spacial score (nSPS) is 19.3. The Bertz CT molecular complexity index is 384. The minimum atomic E-state index is -0.645. The molecule has 4 nitrogen and oxygen atoms in total. The van der Waals surface area contributed by atoms with Crippen molar-refractivity contribution in [3.8, 4) is 5.75 Å². The Morgan fingerprint density at radius 2 is 1.89 bits per heavy atom. The summed E-state index contributed by atoms with van der Waals surface area (Å²) in [6, 6.07) is 8.10. The Balaban J connectivity index is 1.68. The van der Waals surface area contributed by atoms with Gasteiger partial charge in [-0.05, 0) is 31.9 Å². The molecule has 3 N–H and O–H groups in total. The second-order valence-corrected chi connectivity index (χ2v) is 5.43. The molecule has 0 atom stereocenters. The number of benzene rings is 1. The molecule has 19 heavy (non-hydrogen) atoms. The smallest absolute Gasteiger partial charge is 0.119 e. The topological polar surface area (TPSA) is 58.7 Å². The van der Waals surface area contributed by atoms with Crippen LogP contribution in [0.1, 0.15) is 18.4 Å². The molecule has 0 aliphatic carbocycles. The monoisotopic (exact) mass is 264 g/mol. The van der Waals surface area contributed by atoms with Gasteiger partial charge in [-0.1, -0.05) is 17.7 Å². The number of ether oxygens (including phenoxy) is 1. The maximum Gasteiger partial charge on any atom is 0.119 e. The van der Waals surface area contributed by atoms with Crippen LogP contribution in [-0.4, -0.2) is 48.4 Å². The molecule has 106 valence electrons. The van der Waals surface area contributed by atoms with Gasteiger partial charge in [0.05, 0.1) is 5.60 Å². The summed E-state index contributed by atoms with van der Waals surface area (Å²) in [4.78, 5) is 2.32. The summed E-state index contributed by atoms with van der Waals surface area (Å²) in [5, 5.41) is 10.0. The van der Waals surface area contributed by atoms with Crippen molar-refractivity contribution in [1.29, 1.82) is 0 Å². The maximum absolute atomic E-state index is 10.0. The van der Waals surface area contributed by atoms with Gasteiger partial charge in [0, 0.05) is 26.2 Å². The second-order valence-electron chi connectivity index (χ2n) is 5.43. The van der Waals surface area contributed by atoms with E-state index in [1.54, 1.807) is 0 Å². The van der Waals surface area contributed by atoms with Gasteiger partial charge in [0.15, 0.2) is 0 Å². The zero-order chi connectivity index (χ0) is 13.7. The lowest BCUT2D eigenvalue weighted by atomic mass is 9.92. The van der Waals surface area contributed by atoms with Crippen LogP contribution < -0.4 is 10.5 Å². The number of hydrogen-bond donors (Lipinski definition) is 2. The van der Waals surface area contributed by atoms with Crippen LogP contribution >= 0.6 is 0 Å². The van der Waals surface area contributed by atoms with Crippen molar-refractivity contribution in [2.75, 3.05) is 32.8 Å². The third kappa shape index (κ3) is 4.20. The van der Waals surface area contributed by atoms with Crippen molar-refractivity contribution in [2.24, 2.45) is 5.73 Å². The highest BCUT2D eigenvalue weighted by Gasteiger charge is 2.30. The molecule has 0 spiro atoms. The van der Waals surface area contributed by atoms with E-state index in [2.05, 4.69) is 24.0 Å². The highest BCUT2D eigenvalue weighted by atomic mass is 16.5. The van der Waals surface area contributed by atoms with E-state index in [0.29, 0.717) is 13.2 Å². The Morgan fingerprint density at radius 3 is 2.47 bits per heavy atom. The van der Waals surface area contributed by atoms with Crippen molar-refractivity contribution in [1.82, 2.24) is 4.90 Å².